The Kier molecular flexibility index (Phi) is 4.92. The molecule has 2 heterocycles. The number of aryl methyl sites for hydroxylation is 1. The van der Waals surface area contributed by atoms with Gasteiger partial charge in [0.2, 0.25) is 0 Å². The Morgan fingerprint density at radius 1 is 1.14 bits per heavy atom. The van der Waals surface area contributed by atoms with Crippen LogP contribution in [0.1, 0.15) is 28.6 Å². The third-order valence-electron chi connectivity index (χ3n) is 5.32. The summed E-state index contributed by atoms with van der Waals surface area (Å²) in [6.07, 6.45) is -0.481. The molecule has 0 saturated carbocycles. The first-order valence-electron chi connectivity index (χ1n) is 9.38. The summed E-state index contributed by atoms with van der Waals surface area (Å²) < 4.78 is 43.6. The molecule has 4 rings (SSSR count). The Hall–Kier alpha value is -2.71. The number of nitrogens with zero attached hydrogens (tertiary/aromatic N) is 3. The molecule has 0 fully saturated rings. The number of hydrogen-bond donors (Lipinski definition) is 1. The first kappa shape index (κ1) is 19.6. The van der Waals surface area contributed by atoms with Gasteiger partial charge in [0.05, 0.1) is 23.6 Å². The van der Waals surface area contributed by atoms with Crippen molar-refractivity contribution >= 4 is 15.7 Å². The number of aromatic nitrogens is 2. The van der Waals surface area contributed by atoms with E-state index < -0.39 is 21.9 Å². The lowest BCUT2D eigenvalue weighted by Gasteiger charge is -2.20. The van der Waals surface area contributed by atoms with Gasteiger partial charge in [-0.3, -0.25) is 8.99 Å². The van der Waals surface area contributed by atoms with Gasteiger partial charge in [0.15, 0.2) is 0 Å². The molecule has 3 aromatic rings. The van der Waals surface area contributed by atoms with E-state index in [-0.39, 0.29) is 17.0 Å². The van der Waals surface area contributed by atoms with Crippen molar-refractivity contribution in [3.63, 3.8) is 0 Å². The predicted octanol–water partition coefficient (Wildman–Crippen LogP) is 3.12. The number of halogens is 1. The molecule has 0 amide bonds. The highest BCUT2D eigenvalue weighted by Gasteiger charge is 2.35. The zero-order valence-electron chi connectivity index (χ0n) is 16.2. The molecule has 0 saturated heterocycles. The van der Waals surface area contributed by atoms with E-state index in [1.165, 1.54) is 21.1 Å². The molecular formula is C21H22FN3O3S. The average Bonchev–Trinajstić information content (AvgIpc) is 3.23. The SMILES string of the molecule is Cc1nn(C[C@@H](O)c2ccccc2F)c(C)c1S(=O)(=O)N1CCc2ccccc21. The summed E-state index contributed by atoms with van der Waals surface area (Å²) in [5.74, 6) is -0.511. The average molecular weight is 415 g/mol. The summed E-state index contributed by atoms with van der Waals surface area (Å²) >= 11 is 0. The van der Waals surface area contributed by atoms with Crippen LogP contribution in [0.4, 0.5) is 10.1 Å². The Labute approximate surface area is 169 Å². The van der Waals surface area contributed by atoms with Crippen LogP contribution < -0.4 is 4.31 Å². The van der Waals surface area contributed by atoms with Crippen LogP contribution in [-0.2, 0) is 23.0 Å². The van der Waals surface area contributed by atoms with Gasteiger partial charge < -0.3 is 5.11 Å². The molecule has 0 aliphatic carbocycles. The minimum atomic E-state index is -3.81. The van der Waals surface area contributed by atoms with E-state index in [0.717, 1.165) is 5.56 Å². The number of anilines is 1. The number of para-hydroxylation sites is 1. The predicted molar refractivity (Wildman–Crippen MR) is 108 cm³/mol. The molecular weight excluding hydrogens is 393 g/mol. The molecule has 2 aromatic carbocycles. The van der Waals surface area contributed by atoms with E-state index in [4.69, 9.17) is 0 Å². The topological polar surface area (TPSA) is 75.4 Å². The maximum Gasteiger partial charge on any atom is 0.268 e. The third-order valence-corrected chi connectivity index (χ3v) is 7.38. The number of hydrogen-bond acceptors (Lipinski definition) is 4. The van der Waals surface area contributed by atoms with Gasteiger partial charge in [-0.25, -0.2) is 12.8 Å². The summed E-state index contributed by atoms with van der Waals surface area (Å²) in [4.78, 5) is 0.134. The number of fused-ring (bicyclic) bond motifs is 1. The van der Waals surface area contributed by atoms with Crippen molar-refractivity contribution in [2.45, 2.75) is 37.8 Å². The molecule has 1 aliphatic heterocycles. The molecule has 29 heavy (non-hydrogen) atoms. The van der Waals surface area contributed by atoms with Crippen LogP contribution in [0.5, 0.6) is 0 Å². The fraction of sp³-hybridized carbons (Fsp3) is 0.286. The van der Waals surface area contributed by atoms with Crippen molar-refractivity contribution in [1.82, 2.24) is 9.78 Å². The monoisotopic (exact) mass is 415 g/mol. The summed E-state index contributed by atoms with van der Waals surface area (Å²) in [6.45, 7) is 3.63. The molecule has 1 aromatic heterocycles. The largest absolute Gasteiger partial charge is 0.386 e. The van der Waals surface area contributed by atoms with Crippen molar-refractivity contribution in [2.75, 3.05) is 10.8 Å². The van der Waals surface area contributed by atoms with Gasteiger partial charge in [-0.15, -0.1) is 0 Å². The quantitative estimate of drug-likeness (QED) is 0.695. The maximum atomic E-state index is 14.0. The zero-order valence-corrected chi connectivity index (χ0v) is 17.0. The van der Waals surface area contributed by atoms with E-state index in [0.29, 0.717) is 30.0 Å². The molecule has 152 valence electrons. The van der Waals surface area contributed by atoms with E-state index in [1.807, 2.05) is 18.2 Å². The highest BCUT2D eigenvalue weighted by molar-refractivity contribution is 7.93. The number of sulfonamides is 1. The van der Waals surface area contributed by atoms with Gasteiger partial charge >= 0.3 is 0 Å². The fourth-order valence-electron chi connectivity index (χ4n) is 3.91. The molecule has 0 bridgehead atoms. The van der Waals surface area contributed by atoms with Crippen molar-refractivity contribution in [1.29, 1.82) is 0 Å². The van der Waals surface area contributed by atoms with Crippen molar-refractivity contribution in [2.24, 2.45) is 0 Å². The second-order valence-electron chi connectivity index (χ2n) is 7.18. The Morgan fingerprint density at radius 2 is 1.83 bits per heavy atom. The molecule has 0 radical (unpaired) electrons. The van der Waals surface area contributed by atoms with Gasteiger partial charge in [-0.1, -0.05) is 36.4 Å². The molecule has 1 N–H and O–H groups in total. The molecule has 6 nitrogen and oxygen atoms in total. The lowest BCUT2D eigenvalue weighted by Crippen LogP contribution is -2.30. The molecule has 1 aliphatic rings. The van der Waals surface area contributed by atoms with E-state index in [2.05, 4.69) is 5.10 Å². The van der Waals surface area contributed by atoms with E-state index >= 15 is 0 Å². The van der Waals surface area contributed by atoms with E-state index in [1.54, 1.807) is 32.0 Å². The Morgan fingerprint density at radius 3 is 2.59 bits per heavy atom. The summed E-state index contributed by atoms with van der Waals surface area (Å²) in [5, 5.41) is 14.8. The Balaban J connectivity index is 1.68. The normalized spacial score (nSPS) is 14.8. The van der Waals surface area contributed by atoms with Crippen LogP contribution in [0, 0.1) is 19.7 Å². The zero-order chi connectivity index (χ0) is 20.8. The fourth-order valence-corrected chi connectivity index (χ4v) is 5.79. The van der Waals surface area contributed by atoms with Gasteiger partial charge in [0.1, 0.15) is 16.8 Å². The smallest absolute Gasteiger partial charge is 0.268 e. The van der Waals surface area contributed by atoms with Crippen molar-refractivity contribution in [3.8, 4) is 0 Å². The number of aliphatic hydroxyl groups is 1. The second kappa shape index (κ2) is 7.27. The summed E-state index contributed by atoms with van der Waals surface area (Å²) in [5.41, 5.74) is 2.60. The molecule has 0 unspecified atom stereocenters. The highest BCUT2D eigenvalue weighted by Crippen LogP contribution is 2.34. The number of rotatable bonds is 5. The highest BCUT2D eigenvalue weighted by atomic mass is 32.2. The molecule has 8 heteroatoms. The van der Waals surface area contributed by atoms with E-state index in [9.17, 15) is 17.9 Å². The minimum absolute atomic E-state index is 0.0420. The molecule has 0 spiro atoms. The lowest BCUT2D eigenvalue weighted by atomic mass is 10.1. The minimum Gasteiger partial charge on any atom is -0.386 e. The van der Waals surface area contributed by atoms with Crippen LogP contribution in [0.3, 0.4) is 0 Å². The third kappa shape index (κ3) is 3.32. The number of aliphatic hydroxyl groups excluding tert-OH is 1. The first-order chi connectivity index (χ1) is 13.8. The van der Waals surface area contributed by atoms with Crippen LogP contribution >= 0.6 is 0 Å². The van der Waals surface area contributed by atoms with Crippen LogP contribution in [0.2, 0.25) is 0 Å². The number of benzene rings is 2. The standard InChI is InChI=1S/C21H22FN3O3S/c1-14-21(29(27,28)25-12-11-16-7-3-6-10-19(16)25)15(2)24(23-14)13-20(26)17-8-4-5-9-18(17)22/h3-10,20,26H,11-13H2,1-2H3/t20-/m1/s1. The van der Waals surface area contributed by atoms with Gasteiger partial charge in [-0.05, 0) is 38.0 Å². The Bertz CT molecular complexity index is 1170. The van der Waals surface area contributed by atoms with Crippen molar-refractivity contribution in [3.05, 3.63) is 76.9 Å². The van der Waals surface area contributed by atoms with Gasteiger partial charge in [0, 0.05) is 12.1 Å². The van der Waals surface area contributed by atoms with Crippen molar-refractivity contribution < 1.29 is 17.9 Å². The summed E-state index contributed by atoms with van der Waals surface area (Å²) in [6, 6.07) is 13.4. The maximum absolute atomic E-state index is 14.0. The van der Waals surface area contributed by atoms with Crippen LogP contribution in [0.15, 0.2) is 53.4 Å². The van der Waals surface area contributed by atoms with Crippen LogP contribution in [0.25, 0.3) is 0 Å². The molecule has 1 atom stereocenters. The lowest BCUT2D eigenvalue weighted by molar-refractivity contribution is 0.146. The van der Waals surface area contributed by atoms with Gasteiger partial charge in [-0.2, -0.15) is 5.10 Å². The second-order valence-corrected chi connectivity index (χ2v) is 8.97. The first-order valence-corrected chi connectivity index (χ1v) is 10.8. The summed E-state index contributed by atoms with van der Waals surface area (Å²) in [7, 11) is -3.81. The van der Waals surface area contributed by atoms with Gasteiger partial charge in [0.25, 0.3) is 10.0 Å². The van der Waals surface area contributed by atoms with Crippen LogP contribution in [-0.4, -0.2) is 29.8 Å².